The summed E-state index contributed by atoms with van der Waals surface area (Å²) in [6.07, 6.45) is 4.97. The average Bonchev–Trinajstić information content (AvgIpc) is 2.74. The van der Waals surface area contributed by atoms with Gasteiger partial charge in [0.15, 0.2) is 0 Å². The van der Waals surface area contributed by atoms with Gasteiger partial charge in [-0.05, 0) is 49.4 Å². The molecule has 0 radical (unpaired) electrons. The summed E-state index contributed by atoms with van der Waals surface area (Å²) in [5, 5.41) is 5.12. The van der Waals surface area contributed by atoms with Crippen molar-refractivity contribution in [2.75, 3.05) is 18.4 Å². The van der Waals surface area contributed by atoms with Gasteiger partial charge in [-0.3, -0.25) is 4.79 Å². The molecule has 0 spiro atoms. The number of halogens is 1. The van der Waals surface area contributed by atoms with Crippen LogP contribution in [-0.2, 0) is 6.67 Å². The van der Waals surface area contributed by atoms with Crippen molar-refractivity contribution in [3.8, 4) is 0 Å². The maximum Gasteiger partial charge on any atom is 0.256 e. The minimum absolute atomic E-state index is 0.0532. The molecule has 1 aliphatic heterocycles. The van der Waals surface area contributed by atoms with Gasteiger partial charge in [0, 0.05) is 35.7 Å². The second-order valence-electron chi connectivity index (χ2n) is 7.33. The molecule has 5 heteroatoms. The van der Waals surface area contributed by atoms with Gasteiger partial charge in [0.25, 0.3) is 5.91 Å². The van der Waals surface area contributed by atoms with Gasteiger partial charge in [-0.1, -0.05) is 30.3 Å². The van der Waals surface area contributed by atoms with Crippen molar-refractivity contribution >= 4 is 28.2 Å². The third kappa shape index (κ3) is 3.57. The van der Waals surface area contributed by atoms with Crippen LogP contribution >= 0.6 is 0 Å². The maximum absolute atomic E-state index is 13.1. The zero-order valence-electron chi connectivity index (χ0n) is 16.0. The van der Waals surface area contributed by atoms with Gasteiger partial charge in [0.05, 0.1) is 5.56 Å². The third-order valence-corrected chi connectivity index (χ3v) is 5.34. The Balaban J connectivity index is 1.76. The molecule has 3 aromatic rings. The van der Waals surface area contributed by atoms with Crippen molar-refractivity contribution in [3.05, 3.63) is 65.4 Å². The molecular formula is C23H24FN3O. The predicted octanol–water partition coefficient (Wildman–Crippen LogP) is 5.38. The van der Waals surface area contributed by atoms with Crippen molar-refractivity contribution in [3.63, 3.8) is 0 Å². The lowest BCUT2D eigenvalue weighted by Crippen LogP contribution is -2.35. The Kier molecular flexibility index (Phi) is 5.24. The first-order valence-corrected chi connectivity index (χ1v) is 9.77. The molecule has 0 bridgehead atoms. The van der Waals surface area contributed by atoms with Crippen molar-refractivity contribution < 1.29 is 9.18 Å². The van der Waals surface area contributed by atoms with Gasteiger partial charge in [-0.25, -0.2) is 9.37 Å². The van der Waals surface area contributed by atoms with E-state index in [4.69, 9.17) is 0 Å². The number of pyridine rings is 1. The van der Waals surface area contributed by atoms with E-state index < -0.39 is 6.67 Å². The minimum atomic E-state index is -0.508. The van der Waals surface area contributed by atoms with Crippen LogP contribution < -0.4 is 5.32 Å². The monoisotopic (exact) mass is 377 g/mol. The van der Waals surface area contributed by atoms with Gasteiger partial charge in [-0.2, -0.15) is 0 Å². The van der Waals surface area contributed by atoms with Crippen LogP contribution in [0.1, 0.15) is 40.7 Å². The van der Waals surface area contributed by atoms with Crippen molar-refractivity contribution in [2.45, 2.75) is 32.9 Å². The highest BCUT2D eigenvalue weighted by Crippen LogP contribution is 2.31. The number of aryl methyl sites for hydroxylation is 1. The molecule has 4 rings (SSSR count). The topological polar surface area (TPSA) is 45.2 Å². The van der Waals surface area contributed by atoms with Crippen LogP contribution in [-0.4, -0.2) is 28.9 Å². The number of hydrogen-bond acceptors (Lipinski definition) is 3. The molecule has 1 aliphatic rings. The largest absolute Gasteiger partial charge is 0.340 e. The quantitative estimate of drug-likeness (QED) is 0.664. The summed E-state index contributed by atoms with van der Waals surface area (Å²) in [5.74, 6) is 0.724. The lowest BCUT2D eigenvalue weighted by atomic mass is 10.00. The minimum Gasteiger partial charge on any atom is -0.340 e. The smallest absolute Gasteiger partial charge is 0.256 e. The number of likely N-dealkylation sites (tertiary alicyclic amines) is 1. The summed E-state index contributed by atoms with van der Waals surface area (Å²) in [6.45, 7) is 3.12. The number of carbonyl (C=O) groups is 1. The molecular weight excluding hydrogens is 353 g/mol. The molecule has 0 saturated carbocycles. The van der Waals surface area contributed by atoms with Gasteiger partial charge >= 0.3 is 0 Å². The van der Waals surface area contributed by atoms with Crippen LogP contribution in [0.3, 0.4) is 0 Å². The SMILES string of the molecule is Cc1cccc2c(Nc3cccc(CF)c3)ncc(C(=O)N3CCCCC3)c12. The molecule has 1 aromatic heterocycles. The van der Waals surface area contributed by atoms with E-state index in [9.17, 15) is 9.18 Å². The summed E-state index contributed by atoms with van der Waals surface area (Å²) in [4.78, 5) is 19.6. The molecule has 0 atom stereocenters. The van der Waals surface area contributed by atoms with E-state index in [1.165, 1.54) is 6.42 Å². The molecule has 2 heterocycles. The van der Waals surface area contributed by atoms with E-state index in [2.05, 4.69) is 10.3 Å². The maximum atomic E-state index is 13.1. The molecule has 28 heavy (non-hydrogen) atoms. The van der Waals surface area contributed by atoms with E-state index in [1.807, 2.05) is 42.2 Å². The van der Waals surface area contributed by atoms with Crippen molar-refractivity contribution in [1.82, 2.24) is 9.88 Å². The van der Waals surface area contributed by atoms with Crippen LogP contribution in [0.5, 0.6) is 0 Å². The highest BCUT2D eigenvalue weighted by Gasteiger charge is 2.22. The number of rotatable bonds is 4. The molecule has 0 unspecified atom stereocenters. The molecule has 144 valence electrons. The second kappa shape index (κ2) is 7.97. The number of anilines is 2. The number of hydrogen-bond donors (Lipinski definition) is 1. The third-order valence-electron chi connectivity index (χ3n) is 5.34. The lowest BCUT2D eigenvalue weighted by molar-refractivity contribution is 0.0726. The molecule has 4 nitrogen and oxygen atoms in total. The molecule has 0 aliphatic carbocycles. The highest BCUT2D eigenvalue weighted by molar-refractivity contribution is 6.10. The molecule has 1 N–H and O–H groups in total. The Bertz CT molecular complexity index is 1010. The van der Waals surface area contributed by atoms with E-state index in [1.54, 1.807) is 18.3 Å². The number of aromatic nitrogens is 1. The van der Waals surface area contributed by atoms with Crippen molar-refractivity contribution in [1.29, 1.82) is 0 Å². The zero-order chi connectivity index (χ0) is 19.5. The number of benzene rings is 2. The summed E-state index contributed by atoms with van der Waals surface area (Å²) in [7, 11) is 0. The predicted molar refractivity (Wildman–Crippen MR) is 111 cm³/mol. The van der Waals surface area contributed by atoms with Crippen LogP contribution in [0.2, 0.25) is 0 Å². The van der Waals surface area contributed by atoms with E-state index >= 15 is 0 Å². The summed E-state index contributed by atoms with van der Waals surface area (Å²) >= 11 is 0. The van der Waals surface area contributed by atoms with Crippen molar-refractivity contribution in [2.24, 2.45) is 0 Å². The first-order chi connectivity index (χ1) is 13.7. The number of amides is 1. The lowest BCUT2D eigenvalue weighted by Gasteiger charge is -2.27. The first-order valence-electron chi connectivity index (χ1n) is 9.77. The number of piperidine rings is 1. The Labute approximate surface area is 164 Å². The average molecular weight is 377 g/mol. The number of alkyl halides is 1. The fraction of sp³-hybridized carbons (Fsp3) is 0.304. The van der Waals surface area contributed by atoms with E-state index in [0.717, 1.165) is 48.0 Å². The summed E-state index contributed by atoms with van der Waals surface area (Å²) < 4.78 is 13.0. The first kappa shape index (κ1) is 18.4. The van der Waals surface area contributed by atoms with Gasteiger partial charge in [0.2, 0.25) is 0 Å². The number of carbonyl (C=O) groups excluding carboxylic acids is 1. The highest BCUT2D eigenvalue weighted by atomic mass is 19.1. The van der Waals surface area contributed by atoms with Gasteiger partial charge < -0.3 is 10.2 Å². The number of fused-ring (bicyclic) bond motifs is 1. The van der Waals surface area contributed by atoms with Crippen LogP contribution in [0.15, 0.2) is 48.7 Å². The molecule has 1 amide bonds. The Hall–Kier alpha value is -2.95. The Morgan fingerprint density at radius 3 is 2.71 bits per heavy atom. The zero-order valence-corrected chi connectivity index (χ0v) is 16.0. The Morgan fingerprint density at radius 2 is 1.93 bits per heavy atom. The van der Waals surface area contributed by atoms with E-state index in [0.29, 0.717) is 16.9 Å². The van der Waals surface area contributed by atoms with E-state index in [-0.39, 0.29) is 5.91 Å². The fourth-order valence-corrected chi connectivity index (χ4v) is 3.88. The normalized spacial score (nSPS) is 14.3. The van der Waals surface area contributed by atoms with Crippen LogP contribution in [0, 0.1) is 6.92 Å². The number of nitrogens with one attached hydrogen (secondary N) is 1. The Morgan fingerprint density at radius 1 is 1.14 bits per heavy atom. The number of nitrogens with zero attached hydrogens (tertiary/aromatic N) is 2. The standard InChI is InChI=1S/C23H24FN3O/c1-16-7-5-10-19-21(16)20(23(28)27-11-3-2-4-12-27)15-25-22(19)26-18-9-6-8-17(13-18)14-24/h5-10,13,15H,2-4,11-12,14H2,1H3,(H,25,26). The van der Waals surface area contributed by atoms with Crippen LogP contribution in [0.4, 0.5) is 15.9 Å². The molecule has 2 aromatic carbocycles. The molecule has 1 fully saturated rings. The summed E-state index contributed by atoms with van der Waals surface area (Å²) in [6, 6.07) is 13.2. The van der Waals surface area contributed by atoms with Gasteiger partial charge in [-0.15, -0.1) is 0 Å². The molecule has 1 saturated heterocycles. The fourth-order valence-electron chi connectivity index (χ4n) is 3.88. The second-order valence-corrected chi connectivity index (χ2v) is 7.33. The summed E-state index contributed by atoms with van der Waals surface area (Å²) in [5.41, 5.74) is 3.09. The van der Waals surface area contributed by atoms with Gasteiger partial charge in [0.1, 0.15) is 12.5 Å². The van der Waals surface area contributed by atoms with Crippen LogP contribution in [0.25, 0.3) is 10.8 Å².